The summed E-state index contributed by atoms with van der Waals surface area (Å²) in [6, 6.07) is 13.6. The second-order valence-electron chi connectivity index (χ2n) is 5.43. The van der Waals surface area contributed by atoms with Gasteiger partial charge in [-0.3, -0.25) is 9.20 Å². The lowest BCUT2D eigenvalue weighted by Gasteiger charge is -2.17. The highest BCUT2D eigenvalue weighted by Crippen LogP contribution is 2.21. The maximum absolute atomic E-state index is 12.6. The average molecular weight is 328 g/mol. The summed E-state index contributed by atoms with van der Waals surface area (Å²) in [5.41, 5.74) is 3.07. The summed E-state index contributed by atoms with van der Waals surface area (Å²) in [5.74, 6) is 0.0583. The van der Waals surface area contributed by atoms with Gasteiger partial charge in [0.1, 0.15) is 0 Å². The van der Waals surface area contributed by atoms with Crippen molar-refractivity contribution in [2.24, 2.45) is 0 Å². The molecule has 2 heterocycles. The van der Waals surface area contributed by atoms with Crippen molar-refractivity contribution >= 4 is 23.0 Å². The molecule has 1 N–H and O–H groups in total. The van der Waals surface area contributed by atoms with E-state index in [4.69, 9.17) is 11.6 Å². The summed E-state index contributed by atoms with van der Waals surface area (Å²) in [4.78, 5) is 16.8. The van der Waals surface area contributed by atoms with Crippen LogP contribution in [0.1, 0.15) is 41.6 Å². The third kappa shape index (κ3) is 2.94. The van der Waals surface area contributed by atoms with Crippen molar-refractivity contribution < 1.29 is 4.79 Å². The Morgan fingerprint density at radius 2 is 2.00 bits per heavy atom. The summed E-state index contributed by atoms with van der Waals surface area (Å²) in [6.07, 6.45) is 2.71. The topological polar surface area (TPSA) is 46.4 Å². The first-order valence-corrected chi connectivity index (χ1v) is 8.01. The van der Waals surface area contributed by atoms with Crippen LogP contribution >= 0.6 is 11.6 Å². The molecule has 0 saturated heterocycles. The smallest absolute Gasteiger partial charge is 0.288 e. The van der Waals surface area contributed by atoms with Crippen LogP contribution in [0.15, 0.2) is 48.7 Å². The minimum absolute atomic E-state index is 0.103. The zero-order valence-electron chi connectivity index (χ0n) is 13.1. The second kappa shape index (κ2) is 6.42. The van der Waals surface area contributed by atoms with Gasteiger partial charge in [-0.05, 0) is 36.6 Å². The second-order valence-corrected chi connectivity index (χ2v) is 5.79. The minimum Gasteiger partial charge on any atom is -0.343 e. The van der Waals surface area contributed by atoms with Crippen LogP contribution < -0.4 is 5.32 Å². The monoisotopic (exact) mass is 327 g/mol. The molecule has 0 radical (unpaired) electrons. The van der Waals surface area contributed by atoms with E-state index in [2.05, 4.69) is 23.3 Å². The number of pyridine rings is 1. The van der Waals surface area contributed by atoms with Gasteiger partial charge in [0, 0.05) is 6.20 Å². The van der Waals surface area contributed by atoms with Crippen molar-refractivity contribution in [2.75, 3.05) is 0 Å². The number of carbonyl (C=O) groups excluding carboxylic acids is 1. The van der Waals surface area contributed by atoms with Gasteiger partial charge in [0.25, 0.3) is 5.91 Å². The first kappa shape index (κ1) is 15.6. The largest absolute Gasteiger partial charge is 0.343 e. The Hall–Kier alpha value is -2.33. The fourth-order valence-corrected chi connectivity index (χ4v) is 3.01. The fraction of sp³-hybridized carbons (Fsp3) is 0.222. The van der Waals surface area contributed by atoms with Gasteiger partial charge in [-0.25, -0.2) is 4.98 Å². The molecule has 0 aliphatic heterocycles. The predicted molar refractivity (Wildman–Crippen MR) is 91.9 cm³/mol. The molecular weight excluding hydrogens is 310 g/mol. The molecule has 1 amide bonds. The number of nitrogens with zero attached hydrogens (tertiary/aromatic N) is 2. The minimum atomic E-state index is -0.239. The normalized spacial score (nSPS) is 12.3. The van der Waals surface area contributed by atoms with E-state index in [9.17, 15) is 4.79 Å². The highest BCUT2D eigenvalue weighted by molar-refractivity contribution is 6.33. The van der Waals surface area contributed by atoms with Crippen LogP contribution in [0, 0.1) is 0 Å². The number of rotatable bonds is 4. The first-order valence-electron chi connectivity index (χ1n) is 7.63. The van der Waals surface area contributed by atoms with Crippen LogP contribution in [-0.2, 0) is 6.42 Å². The van der Waals surface area contributed by atoms with Crippen molar-refractivity contribution in [3.05, 3.63) is 70.8 Å². The highest BCUT2D eigenvalue weighted by Gasteiger charge is 2.19. The van der Waals surface area contributed by atoms with E-state index in [0.717, 1.165) is 17.5 Å². The third-order valence-corrected chi connectivity index (χ3v) is 4.23. The zero-order chi connectivity index (χ0) is 16.4. The van der Waals surface area contributed by atoms with Crippen LogP contribution in [0.5, 0.6) is 0 Å². The summed E-state index contributed by atoms with van der Waals surface area (Å²) >= 11 is 6.11. The van der Waals surface area contributed by atoms with Gasteiger partial charge >= 0.3 is 0 Å². The number of hydrogen-bond acceptors (Lipinski definition) is 2. The standard InChI is InChI=1S/C18H18ClN3O/c1-3-13-8-4-5-9-14(13)12(2)20-18(23)17-21-16(19)15-10-6-7-11-22(15)17/h4-12H,3H2,1-2H3,(H,20,23). The SMILES string of the molecule is CCc1ccccc1C(C)NC(=O)c1nc(Cl)c2ccccn12. The number of aryl methyl sites for hydroxylation is 1. The Balaban J connectivity index is 1.89. The molecule has 0 aliphatic carbocycles. The summed E-state index contributed by atoms with van der Waals surface area (Å²) < 4.78 is 1.70. The van der Waals surface area contributed by atoms with Gasteiger partial charge in [-0.15, -0.1) is 0 Å². The third-order valence-electron chi connectivity index (χ3n) is 3.96. The van der Waals surface area contributed by atoms with Crippen molar-refractivity contribution in [1.82, 2.24) is 14.7 Å². The molecule has 0 saturated carbocycles. The number of amides is 1. The Labute approximate surface area is 140 Å². The molecule has 0 spiro atoms. The quantitative estimate of drug-likeness (QED) is 0.786. The van der Waals surface area contributed by atoms with E-state index >= 15 is 0 Å². The van der Waals surface area contributed by atoms with E-state index < -0.39 is 0 Å². The van der Waals surface area contributed by atoms with Gasteiger partial charge in [0.2, 0.25) is 5.82 Å². The number of hydrogen-bond donors (Lipinski definition) is 1. The Morgan fingerprint density at radius 1 is 1.26 bits per heavy atom. The number of carbonyl (C=O) groups is 1. The van der Waals surface area contributed by atoms with Crippen LogP contribution in [0.25, 0.3) is 5.52 Å². The number of halogens is 1. The maximum atomic E-state index is 12.6. The van der Waals surface area contributed by atoms with Crippen LogP contribution in [-0.4, -0.2) is 15.3 Å². The molecule has 0 aliphatic rings. The van der Waals surface area contributed by atoms with E-state index in [1.165, 1.54) is 5.56 Å². The molecule has 23 heavy (non-hydrogen) atoms. The molecular formula is C18H18ClN3O. The van der Waals surface area contributed by atoms with Crippen LogP contribution in [0.2, 0.25) is 5.15 Å². The van der Waals surface area contributed by atoms with E-state index in [0.29, 0.717) is 11.0 Å². The van der Waals surface area contributed by atoms with Gasteiger partial charge < -0.3 is 5.32 Å². The van der Waals surface area contributed by atoms with Crippen molar-refractivity contribution in [3.8, 4) is 0 Å². The number of fused-ring (bicyclic) bond motifs is 1. The van der Waals surface area contributed by atoms with Gasteiger partial charge in [0.15, 0.2) is 5.15 Å². The molecule has 118 valence electrons. The lowest BCUT2D eigenvalue weighted by Crippen LogP contribution is -2.29. The Bertz CT molecular complexity index is 856. The van der Waals surface area contributed by atoms with Crippen LogP contribution in [0.4, 0.5) is 0 Å². The molecule has 3 aromatic rings. The van der Waals surface area contributed by atoms with Gasteiger partial charge in [0.05, 0.1) is 11.6 Å². The first-order chi connectivity index (χ1) is 11.1. The van der Waals surface area contributed by atoms with Gasteiger partial charge in [-0.1, -0.05) is 48.9 Å². The lowest BCUT2D eigenvalue weighted by atomic mass is 10.00. The average Bonchev–Trinajstić information content (AvgIpc) is 2.92. The molecule has 1 aromatic carbocycles. The number of imidazole rings is 1. The lowest BCUT2D eigenvalue weighted by molar-refractivity contribution is 0.0928. The molecule has 4 nitrogen and oxygen atoms in total. The van der Waals surface area contributed by atoms with Gasteiger partial charge in [-0.2, -0.15) is 0 Å². The summed E-state index contributed by atoms with van der Waals surface area (Å²) in [5, 5.41) is 3.34. The molecule has 1 atom stereocenters. The predicted octanol–water partition coefficient (Wildman–Crippen LogP) is 4.04. The van der Waals surface area contributed by atoms with Crippen molar-refractivity contribution in [3.63, 3.8) is 0 Å². The molecule has 3 rings (SSSR count). The summed E-state index contributed by atoms with van der Waals surface area (Å²) in [6.45, 7) is 4.08. The molecule has 1 unspecified atom stereocenters. The highest BCUT2D eigenvalue weighted by atomic mass is 35.5. The van der Waals surface area contributed by atoms with Crippen molar-refractivity contribution in [2.45, 2.75) is 26.3 Å². The van der Waals surface area contributed by atoms with E-state index in [1.807, 2.05) is 43.3 Å². The number of aromatic nitrogens is 2. The number of benzene rings is 1. The van der Waals surface area contributed by atoms with E-state index in [-0.39, 0.29) is 11.9 Å². The summed E-state index contributed by atoms with van der Waals surface area (Å²) in [7, 11) is 0. The fourth-order valence-electron chi connectivity index (χ4n) is 2.78. The van der Waals surface area contributed by atoms with E-state index in [1.54, 1.807) is 10.6 Å². The zero-order valence-corrected chi connectivity index (χ0v) is 13.8. The van der Waals surface area contributed by atoms with Crippen LogP contribution in [0.3, 0.4) is 0 Å². The maximum Gasteiger partial charge on any atom is 0.288 e. The van der Waals surface area contributed by atoms with Crippen molar-refractivity contribution in [1.29, 1.82) is 0 Å². The molecule has 5 heteroatoms. The molecule has 0 fully saturated rings. The Morgan fingerprint density at radius 3 is 2.78 bits per heavy atom. The molecule has 2 aromatic heterocycles. The number of nitrogens with one attached hydrogen (secondary N) is 1. The Kier molecular flexibility index (Phi) is 4.35. The molecule has 0 bridgehead atoms.